The molecule has 0 unspecified atom stereocenters. The van der Waals surface area contributed by atoms with Crippen LogP contribution in [0.4, 0.5) is 4.39 Å². The molecule has 0 saturated heterocycles. The molecule has 1 amide bonds. The quantitative estimate of drug-likeness (QED) is 0.781. The minimum atomic E-state index is -0.466. The highest BCUT2D eigenvalue weighted by Crippen LogP contribution is 2.20. The fourth-order valence-corrected chi connectivity index (χ4v) is 2.35. The van der Waals surface area contributed by atoms with Gasteiger partial charge in [-0.3, -0.25) is 4.79 Å². The summed E-state index contributed by atoms with van der Waals surface area (Å²) in [5, 5.41) is 7.05. The van der Waals surface area contributed by atoms with Gasteiger partial charge in [0, 0.05) is 16.1 Å². The normalized spacial score (nSPS) is 10.6. The van der Waals surface area contributed by atoms with Crippen molar-refractivity contribution in [1.29, 1.82) is 0 Å². The van der Waals surface area contributed by atoms with E-state index < -0.39 is 11.7 Å². The van der Waals surface area contributed by atoms with Gasteiger partial charge in [-0.15, -0.1) is 0 Å². The van der Waals surface area contributed by atoms with Gasteiger partial charge in [-0.25, -0.2) is 4.39 Å². The van der Waals surface area contributed by atoms with Gasteiger partial charge in [0.15, 0.2) is 0 Å². The molecule has 0 fully saturated rings. The summed E-state index contributed by atoms with van der Waals surface area (Å²) in [6.07, 6.45) is 0. The van der Waals surface area contributed by atoms with E-state index in [0.29, 0.717) is 22.0 Å². The summed E-state index contributed by atoms with van der Waals surface area (Å²) in [6.45, 7) is 1.78. The standard InChI is InChI=1S/C17H13ClFN3O2/c1-10-5-6-13(19)8-14(10)17(23)20-9-15-21-16(22-24-15)11-3-2-4-12(18)7-11/h2-8H,9H2,1H3,(H,20,23). The van der Waals surface area contributed by atoms with Crippen LogP contribution in [-0.4, -0.2) is 16.0 Å². The van der Waals surface area contributed by atoms with E-state index in [1.54, 1.807) is 37.3 Å². The van der Waals surface area contributed by atoms with E-state index in [1.807, 2.05) is 0 Å². The maximum absolute atomic E-state index is 13.3. The molecule has 3 rings (SSSR count). The maximum atomic E-state index is 13.3. The lowest BCUT2D eigenvalue weighted by Crippen LogP contribution is -2.23. The average molecular weight is 346 g/mol. The second kappa shape index (κ2) is 6.80. The lowest BCUT2D eigenvalue weighted by Gasteiger charge is -2.05. The Morgan fingerprint density at radius 1 is 1.29 bits per heavy atom. The Hall–Kier alpha value is -2.73. The molecular weight excluding hydrogens is 333 g/mol. The van der Waals surface area contributed by atoms with Crippen LogP contribution >= 0.6 is 11.6 Å². The van der Waals surface area contributed by atoms with E-state index >= 15 is 0 Å². The molecule has 5 nitrogen and oxygen atoms in total. The molecule has 0 aliphatic rings. The number of hydrogen-bond donors (Lipinski definition) is 1. The zero-order valence-corrected chi connectivity index (χ0v) is 13.5. The summed E-state index contributed by atoms with van der Waals surface area (Å²) in [7, 11) is 0. The third kappa shape index (κ3) is 3.60. The molecular formula is C17H13ClFN3O2. The van der Waals surface area contributed by atoms with Crippen LogP contribution in [0.2, 0.25) is 5.02 Å². The van der Waals surface area contributed by atoms with Crippen molar-refractivity contribution in [2.75, 3.05) is 0 Å². The Balaban J connectivity index is 1.69. The van der Waals surface area contributed by atoms with Crippen molar-refractivity contribution >= 4 is 17.5 Å². The topological polar surface area (TPSA) is 68.0 Å². The van der Waals surface area contributed by atoms with Crippen molar-refractivity contribution in [2.45, 2.75) is 13.5 Å². The molecule has 0 aliphatic carbocycles. The average Bonchev–Trinajstić information content (AvgIpc) is 3.04. The van der Waals surface area contributed by atoms with Gasteiger partial charge in [0.05, 0.1) is 6.54 Å². The monoisotopic (exact) mass is 345 g/mol. The summed E-state index contributed by atoms with van der Waals surface area (Å²) >= 11 is 5.93. The van der Waals surface area contributed by atoms with Crippen LogP contribution in [0, 0.1) is 12.7 Å². The van der Waals surface area contributed by atoms with Gasteiger partial charge in [0.25, 0.3) is 5.91 Å². The minimum absolute atomic E-state index is 0.0440. The second-order valence-corrected chi connectivity index (χ2v) is 5.60. The highest BCUT2D eigenvalue weighted by Gasteiger charge is 2.13. The smallest absolute Gasteiger partial charge is 0.252 e. The minimum Gasteiger partial charge on any atom is -0.343 e. The Kier molecular flexibility index (Phi) is 4.57. The lowest BCUT2D eigenvalue weighted by molar-refractivity contribution is 0.0945. The maximum Gasteiger partial charge on any atom is 0.252 e. The number of nitrogens with one attached hydrogen (secondary N) is 1. The molecule has 24 heavy (non-hydrogen) atoms. The third-order valence-corrected chi connectivity index (χ3v) is 3.63. The first-order valence-electron chi connectivity index (χ1n) is 7.16. The molecule has 0 atom stereocenters. The van der Waals surface area contributed by atoms with Crippen LogP contribution in [-0.2, 0) is 6.54 Å². The van der Waals surface area contributed by atoms with Crippen LogP contribution in [0.3, 0.4) is 0 Å². The number of carbonyl (C=O) groups is 1. The summed E-state index contributed by atoms with van der Waals surface area (Å²) in [4.78, 5) is 16.3. The van der Waals surface area contributed by atoms with E-state index in [1.165, 1.54) is 12.1 Å². The first-order chi connectivity index (χ1) is 11.5. The molecule has 1 aromatic heterocycles. The molecule has 122 valence electrons. The number of carbonyl (C=O) groups excluding carboxylic acids is 1. The highest BCUT2D eigenvalue weighted by atomic mass is 35.5. The fourth-order valence-electron chi connectivity index (χ4n) is 2.16. The van der Waals surface area contributed by atoms with Crippen LogP contribution in [0.5, 0.6) is 0 Å². The Bertz CT molecular complexity index is 895. The molecule has 1 N–H and O–H groups in total. The Labute approximate surface area is 142 Å². The van der Waals surface area contributed by atoms with Crippen LogP contribution in [0.15, 0.2) is 47.0 Å². The van der Waals surface area contributed by atoms with Gasteiger partial charge in [0.2, 0.25) is 11.7 Å². The number of benzene rings is 2. The summed E-state index contributed by atoms with van der Waals surface area (Å²) in [5.74, 6) is -0.252. The number of rotatable bonds is 4. The number of amides is 1. The van der Waals surface area contributed by atoms with Crippen LogP contribution in [0.25, 0.3) is 11.4 Å². The number of aryl methyl sites for hydroxylation is 1. The Morgan fingerprint density at radius 3 is 2.92 bits per heavy atom. The summed E-state index contributed by atoms with van der Waals surface area (Å²) in [6, 6.07) is 11.1. The van der Waals surface area contributed by atoms with Crippen LogP contribution < -0.4 is 5.32 Å². The van der Waals surface area contributed by atoms with Gasteiger partial charge < -0.3 is 9.84 Å². The third-order valence-electron chi connectivity index (χ3n) is 3.40. The number of nitrogens with zero attached hydrogens (tertiary/aromatic N) is 2. The van der Waals surface area contributed by atoms with Crippen LogP contribution in [0.1, 0.15) is 21.8 Å². The highest BCUT2D eigenvalue weighted by molar-refractivity contribution is 6.30. The number of aromatic nitrogens is 2. The summed E-state index contributed by atoms with van der Waals surface area (Å²) < 4.78 is 18.4. The molecule has 2 aromatic carbocycles. The van der Waals surface area contributed by atoms with Crippen molar-refractivity contribution in [2.24, 2.45) is 0 Å². The van der Waals surface area contributed by atoms with E-state index in [4.69, 9.17) is 16.1 Å². The predicted octanol–water partition coefficient (Wildman–Crippen LogP) is 3.77. The largest absolute Gasteiger partial charge is 0.343 e. The zero-order valence-electron chi connectivity index (χ0n) is 12.7. The fraction of sp³-hybridized carbons (Fsp3) is 0.118. The molecule has 0 aliphatic heterocycles. The number of halogens is 2. The summed E-state index contributed by atoms with van der Waals surface area (Å²) in [5.41, 5.74) is 1.66. The van der Waals surface area contributed by atoms with Gasteiger partial charge in [0.1, 0.15) is 5.82 Å². The van der Waals surface area contributed by atoms with E-state index in [-0.39, 0.29) is 18.0 Å². The van der Waals surface area contributed by atoms with Gasteiger partial charge in [-0.1, -0.05) is 35.0 Å². The van der Waals surface area contributed by atoms with Crippen molar-refractivity contribution in [3.63, 3.8) is 0 Å². The van der Waals surface area contributed by atoms with Gasteiger partial charge in [-0.05, 0) is 36.8 Å². The SMILES string of the molecule is Cc1ccc(F)cc1C(=O)NCc1nc(-c2cccc(Cl)c2)no1. The van der Waals surface area contributed by atoms with Gasteiger partial charge >= 0.3 is 0 Å². The van der Waals surface area contributed by atoms with Crippen molar-refractivity contribution in [3.8, 4) is 11.4 Å². The van der Waals surface area contributed by atoms with Crippen molar-refractivity contribution in [1.82, 2.24) is 15.5 Å². The second-order valence-electron chi connectivity index (χ2n) is 5.16. The lowest BCUT2D eigenvalue weighted by atomic mass is 10.1. The van der Waals surface area contributed by atoms with E-state index in [2.05, 4.69) is 15.5 Å². The predicted molar refractivity (Wildman–Crippen MR) is 87.1 cm³/mol. The molecule has 3 aromatic rings. The molecule has 7 heteroatoms. The van der Waals surface area contributed by atoms with E-state index in [0.717, 1.165) is 0 Å². The first-order valence-corrected chi connectivity index (χ1v) is 7.53. The zero-order chi connectivity index (χ0) is 17.1. The Morgan fingerprint density at radius 2 is 2.12 bits per heavy atom. The van der Waals surface area contributed by atoms with Gasteiger partial charge in [-0.2, -0.15) is 4.98 Å². The molecule has 0 spiro atoms. The van der Waals surface area contributed by atoms with Crippen molar-refractivity contribution in [3.05, 3.63) is 70.3 Å². The molecule has 1 heterocycles. The molecule has 0 radical (unpaired) electrons. The molecule has 0 bridgehead atoms. The van der Waals surface area contributed by atoms with Crippen molar-refractivity contribution < 1.29 is 13.7 Å². The number of hydrogen-bond acceptors (Lipinski definition) is 4. The molecule has 0 saturated carbocycles. The first kappa shape index (κ1) is 16.1. The van der Waals surface area contributed by atoms with E-state index in [9.17, 15) is 9.18 Å².